The maximum absolute atomic E-state index is 13.0. The first-order chi connectivity index (χ1) is 17.5. The maximum Gasteiger partial charge on any atom is 0.352 e. The number of nitrogens with zero attached hydrogens (tertiary/aromatic N) is 1. The molecule has 3 heterocycles. The highest BCUT2D eigenvalue weighted by Gasteiger charge is 2.54. The van der Waals surface area contributed by atoms with Crippen LogP contribution in [0.1, 0.15) is 17.3 Å². The number of fused-ring (bicyclic) bond motifs is 2. The van der Waals surface area contributed by atoms with Gasteiger partial charge in [0.2, 0.25) is 0 Å². The third kappa shape index (κ3) is 4.47. The number of hydrogen-bond donors (Lipinski definition) is 2. The number of nitrogens with one attached hydrogen (secondary N) is 1. The fourth-order valence-corrected chi connectivity index (χ4v) is 6.00. The van der Waals surface area contributed by atoms with Crippen LogP contribution in [0.15, 0.2) is 26.5 Å². The van der Waals surface area contributed by atoms with Crippen molar-refractivity contribution in [3.05, 3.63) is 43.4 Å². The number of carbonyl (C=O) groups is 4. The molecule has 1 aromatic carbocycles. The molecule has 0 aliphatic carbocycles. The van der Waals surface area contributed by atoms with Crippen molar-refractivity contribution in [1.29, 1.82) is 0 Å². The van der Waals surface area contributed by atoms with E-state index in [1.54, 1.807) is 0 Å². The predicted molar refractivity (Wildman–Crippen MR) is 131 cm³/mol. The van der Waals surface area contributed by atoms with Gasteiger partial charge in [0, 0.05) is 18.2 Å². The van der Waals surface area contributed by atoms with Crippen LogP contribution < -0.4 is 20.4 Å². The summed E-state index contributed by atoms with van der Waals surface area (Å²) in [5, 5.41) is 11.3. The van der Waals surface area contributed by atoms with E-state index < -0.39 is 46.4 Å². The van der Waals surface area contributed by atoms with Crippen LogP contribution >= 0.6 is 35.0 Å². The fraction of sp³-hybridized carbons (Fsp3) is 0.318. The lowest BCUT2D eigenvalue weighted by molar-refractivity contribution is -0.149. The molecule has 4 rings (SSSR count). The minimum absolute atomic E-state index is 0.0105. The number of halogens is 2. The number of thioether (sulfide) groups is 1. The number of aliphatic carboxylic acids is 1. The zero-order valence-electron chi connectivity index (χ0n) is 19.4. The third-order valence-corrected chi connectivity index (χ3v) is 7.66. The molecule has 0 saturated carbocycles. The van der Waals surface area contributed by atoms with Crippen LogP contribution in [0, 0.1) is 0 Å². The SMILES string of the molecule is COc1c(Cl)c(OC)c2cc(C(=O)N[C@@H]3C(=O)N4C(C(=O)O)=C(COC(C)=O)CS[C@H]34)c(=O)oc2c1Cl. The van der Waals surface area contributed by atoms with E-state index in [-0.39, 0.29) is 56.1 Å². The molecule has 2 aliphatic rings. The molecule has 1 aromatic heterocycles. The number of rotatable bonds is 7. The fourth-order valence-electron chi connectivity index (χ4n) is 3.96. The van der Waals surface area contributed by atoms with Crippen molar-refractivity contribution in [3.8, 4) is 11.5 Å². The van der Waals surface area contributed by atoms with Crippen molar-refractivity contribution < 1.29 is 42.9 Å². The Bertz CT molecular complexity index is 1450. The van der Waals surface area contributed by atoms with Crippen molar-refractivity contribution in [1.82, 2.24) is 10.2 Å². The van der Waals surface area contributed by atoms with Gasteiger partial charge < -0.3 is 29.1 Å². The number of esters is 1. The van der Waals surface area contributed by atoms with E-state index in [0.717, 1.165) is 4.90 Å². The molecule has 2 amide bonds. The number of β-lactam (4-membered cyclic amide) rings is 1. The molecule has 1 saturated heterocycles. The summed E-state index contributed by atoms with van der Waals surface area (Å²) in [4.78, 5) is 62.5. The monoisotopic (exact) mass is 572 g/mol. The molecule has 12 nitrogen and oxygen atoms in total. The van der Waals surface area contributed by atoms with Gasteiger partial charge in [-0.05, 0) is 6.07 Å². The minimum Gasteiger partial charge on any atom is -0.494 e. The first kappa shape index (κ1) is 26.6. The summed E-state index contributed by atoms with van der Waals surface area (Å²) in [7, 11) is 2.62. The molecular weight excluding hydrogens is 555 g/mol. The quantitative estimate of drug-likeness (QED) is 0.283. The van der Waals surface area contributed by atoms with Gasteiger partial charge in [-0.3, -0.25) is 19.3 Å². The number of carboxylic acids is 1. The molecule has 37 heavy (non-hydrogen) atoms. The molecule has 0 radical (unpaired) electrons. The summed E-state index contributed by atoms with van der Waals surface area (Å²) in [6.45, 7) is 0.894. The van der Waals surface area contributed by atoms with Gasteiger partial charge in [-0.15, -0.1) is 11.8 Å². The van der Waals surface area contributed by atoms with Crippen LogP contribution in [0.2, 0.25) is 10.0 Å². The Morgan fingerprint density at radius 3 is 2.46 bits per heavy atom. The largest absolute Gasteiger partial charge is 0.494 e. The van der Waals surface area contributed by atoms with Crippen molar-refractivity contribution in [2.75, 3.05) is 26.6 Å². The van der Waals surface area contributed by atoms with E-state index in [0.29, 0.717) is 0 Å². The zero-order chi connectivity index (χ0) is 27.2. The highest BCUT2D eigenvalue weighted by molar-refractivity contribution is 8.00. The third-order valence-electron chi connectivity index (χ3n) is 5.63. The van der Waals surface area contributed by atoms with Crippen molar-refractivity contribution in [2.24, 2.45) is 0 Å². The Hall–Kier alpha value is -3.42. The molecule has 0 unspecified atom stereocenters. The van der Waals surface area contributed by atoms with Crippen LogP contribution in [0.3, 0.4) is 0 Å². The summed E-state index contributed by atoms with van der Waals surface area (Å²) in [6, 6.07) is 0.0449. The van der Waals surface area contributed by atoms with Crippen molar-refractivity contribution >= 4 is 69.7 Å². The second-order valence-corrected chi connectivity index (χ2v) is 9.64. The first-order valence-electron chi connectivity index (χ1n) is 10.4. The highest BCUT2D eigenvalue weighted by atomic mass is 35.5. The van der Waals surface area contributed by atoms with Crippen molar-refractivity contribution in [2.45, 2.75) is 18.3 Å². The van der Waals surface area contributed by atoms with Gasteiger partial charge in [0.15, 0.2) is 17.1 Å². The smallest absolute Gasteiger partial charge is 0.352 e. The number of methoxy groups -OCH3 is 2. The van der Waals surface area contributed by atoms with Gasteiger partial charge in [0.25, 0.3) is 11.8 Å². The molecule has 196 valence electrons. The lowest BCUT2D eigenvalue weighted by Gasteiger charge is -2.49. The number of ether oxygens (including phenoxy) is 3. The number of carboxylic acid groups (broad SMARTS) is 1. The van der Waals surface area contributed by atoms with Crippen LogP contribution in [0.25, 0.3) is 11.0 Å². The highest BCUT2D eigenvalue weighted by Crippen LogP contribution is 2.46. The average molecular weight is 573 g/mol. The molecule has 1 fully saturated rings. The molecule has 2 atom stereocenters. The lowest BCUT2D eigenvalue weighted by atomic mass is 10.0. The summed E-state index contributed by atoms with van der Waals surface area (Å²) >= 11 is 13.7. The minimum atomic E-state index is -1.38. The van der Waals surface area contributed by atoms with Crippen LogP contribution in [0.5, 0.6) is 11.5 Å². The Balaban J connectivity index is 1.64. The summed E-state index contributed by atoms with van der Waals surface area (Å²) in [5.41, 5.74) is -1.69. The van der Waals surface area contributed by atoms with Gasteiger partial charge in [0.1, 0.15) is 39.3 Å². The molecule has 2 N–H and O–H groups in total. The Morgan fingerprint density at radius 2 is 1.86 bits per heavy atom. The van der Waals surface area contributed by atoms with Gasteiger partial charge in [-0.2, -0.15) is 0 Å². The summed E-state index contributed by atoms with van der Waals surface area (Å²) < 4.78 is 20.6. The molecule has 2 aliphatic heterocycles. The average Bonchev–Trinajstić information content (AvgIpc) is 2.85. The summed E-state index contributed by atoms with van der Waals surface area (Å²) in [5.74, 6) is -3.43. The Morgan fingerprint density at radius 1 is 1.19 bits per heavy atom. The van der Waals surface area contributed by atoms with Crippen LogP contribution in [-0.4, -0.2) is 71.8 Å². The molecule has 15 heteroatoms. The lowest BCUT2D eigenvalue weighted by Crippen LogP contribution is -2.70. The maximum atomic E-state index is 13.0. The zero-order valence-corrected chi connectivity index (χ0v) is 21.7. The number of amides is 2. The Kier molecular flexibility index (Phi) is 7.31. The second kappa shape index (κ2) is 10.1. The van der Waals surface area contributed by atoms with Crippen LogP contribution in [0.4, 0.5) is 0 Å². The van der Waals surface area contributed by atoms with E-state index in [4.69, 9.17) is 41.8 Å². The molecule has 2 aromatic rings. The number of benzene rings is 1. The van der Waals surface area contributed by atoms with Gasteiger partial charge in [0.05, 0.1) is 19.6 Å². The summed E-state index contributed by atoms with van der Waals surface area (Å²) in [6.07, 6.45) is 0. The van der Waals surface area contributed by atoms with E-state index in [2.05, 4.69) is 5.32 Å². The van der Waals surface area contributed by atoms with Gasteiger partial charge >= 0.3 is 17.6 Å². The predicted octanol–water partition coefficient (Wildman–Crippen LogP) is 2.03. The number of hydrogen-bond acceptors (Lipinski definition) is 10. The van der Waals surface area contributed by atoms with E-state index in [1.165, 1.54) is 39.0 Å². The van der Waals surface area contributed by atoms with E-state index in [9.17, 15) is 29.1 Å². The van der Waals surface area contributed by atoms with Gasteiger partial charge in [-0.25, -0.2) is 9.59 Å². The van der Waals surface area contributed by atoms with Crippen LogP contribution in [-0.2, 0) is 19.1 Å². The van der Waals surface area contributed by atoms with E-state index >= 15 is 0 Å². The molecular formula is C22H18Cl2N2O10S. The topological polar surface area (TPSA) is 162 Å². The Labute approximate surface area is 222 Å². The molecule has 0 spiro atoms. The first-order valence-corrected chi connectivity index (χ1v) is 12.2. The van der Waals surface area contributed by atoms with Gasteiger partial charge in [-0.1, -0.05) is 23.2 Å². The normalized spacial score (nSPS) is 18.7. The standard InChI is InChI=1S/C22H18Cl2N2O10S/c1-7(27)35-5-8-6-37-20-13(19(29)26(20)14(8)21(30)31)25-18(28)10-4-9-15(33-2)11(23)17(34-3)12(24)16(9)36-22(10)32/h4,13,20H,5-6H2,1-3H3,(H,25,28)(H,30,31)/t13-,20-/m1/s1. The van der Waals surface area contributed by atoms with Crippen molar-refractivity contribution in [3.63, 3.8) is 0 Å². The second-order valence-electron chi connectivity index (χ2n) is 7.78. The number of carbonyl (C=O) groups excluding carboxylic acids is 3. The van der Waals surface area contributed by atoms with E-state index in [1.807, 2.05) is 0 Å². The molecule has 0 bridgehead atoms.